The molecule has 1 heterocycles. The van der Waals surface area contributed by atoms with Gasteiger partial charge in [0.1, 0.15) is 5.75 Å². The van der Waals surface area contributed by atoms with E-state index in [1.54, 1.807) is 6.07 Å². The lowest BCUT2D eigenvalue weighted by Crippen LogP contribution is -2.27. The summed E-state index contributed by atoms with van der Waals surface area (Å²) in [5, 5.41) is 14.4. The number of rotatable bonds is 6. The molecule has 0 saturated carbocycles. The molecule has 1 aromatic heterocycles. The van der Waals surface area contributed by atoms with Gasteiger partial charge < -0.3 is 9.09 Å². The van der Waals surface area contributed by atoms with Crippen LogP contribution in [0.3, 0.4) is 0 Å². The van der Waals surface area contributed by atoms with E-state index in [-0.39, 0.29) is 5.69 Å². The van der Waals surface area contributed by atoms with Gasteiger partial charge in [-0.15, -0.1) is 0 Å². The summed E-state index contributed by atoms with van der Waals surface area (Å²) in [7, 11) is -2.91. The zero-order valence-corrected chi connectivity index (χ0v) is 26.1. The van der Waals surface area contributed by atoms with Crippen LogP contribution < -0.4 is 9.83 Å². The lowest BCUT2D eigenvalue weighted by atomic mass is 10.1. The molecule has 39 heavy (non-hydrogen) atoms. The van der Waals surface area contributed by atoms with Crippen molar-refractivity contribution in [2.75, 3.05) is 0 Å². The number of benzene rings is 4. The first-order valence-electron chi connectivity index (χ1n) is 12.6. The summed E-state index contributed by atoms with van der Waals surface area (Å²) in [4.78, 5) is 11.2. The lowest BCUT2D eigenvalue weighted by Gasteiger charge is -2.37. The fourth-order valence-corrected chi connectivity index (χ4v) is 8.82. The van der Waals surface area contributed by atoms with E-state index in [1.165, 1.54) is 23.0 Å². The molecule has 0 saturated heterocycles. The monoisotopic (exact) mass is 667 g/mol. The smallest absolute Gasteiger partial charge is 0.271 e. The number of hydrogen-bond acceptors (Lipinski definition) is 4. The molecule has 0 bridgehead atoms. The molecule has 0 fully saturated rings. The number of aryl methyl sites for hydroxylation is 1. The Morgan fingerprint density at radius 3 is 2.36 bits per heavy atom. The molecule has 0 spiro atoms. The maximum absolute atomic E-state index is 11.6. The quantitative estimate of drug-likeness (QED) is 0.103. The number of halogens is 2. The molecule has 1 atom stereocenters. The van der Waals surface area contributed by atoms with Crippen molar-refractivity contribution < 1.29 is 9.45 Å². The predicted molar refractivity (Wildman–Crippen MR) is 169 cm³/mol. The Bertz CT molecular complexity index is 1790. The molecular formula is C30H28Br2N3O3P. The summed E-state index contributed by atoms with van der Waals surface area (Å²) in [5.74, 6) is 0.675. The Balaban J connectivity index is 1.88. The normalized spacial score (nSPS) is 13.4. The van der Waals surface area contributed by atoms with Crippen LogP contribution in [0.15, 0.2) is 98.6 Å². The van der Waals surface area contributed by atoms with Gasteiger partial charge in [0.25, 0.3) is 5.69 Å². The standard InChI is InChI=1S/C30H28Br2N3O3P/c1-5-34-28-12-7-6-11-24(28)25-19-23(14-16-29(25)34)39(30(2,3)4,38-22-10-8-9-20(31)17-22)33-27-18-21(35(36)37)13-15-26(27)32/h6-19H,5H2,1-4H3/t39-/m1/s1. The van der Waals surface area contributed by atoms with E-state index in [1.807, 2.05) is 24.3 Å². The van der Waals surface area contributed by atoms with Crippen LogP contribution in [-0.4, -0.2) is 14.6 Å². The van der Waals surface area contributed by atoms with Crippen molar-refractivity contribution in [3.63, 3.8) is 0 Å². The van der Waals surface area contributed by atoms with Crippen molar-refractivity contribution in [3.8, 4) is 5.75 Å². The van der Waals surface area contributed by atoms with Crippen LogP contribution >= 0.6 is 39.1 Å². The average Bonchev–Trinajstić information content (AvgIpc) is 3.21. The third-order valence-electron chi connectivity index (χ3n) is 6.75. The third kappa shape index (κ3) is 5.06. The average molecular weight is 669 g/mol. The number of non-ortho nitro benzene ring substituents is 1. The fraction of sp³-hybridized carbons (Fsp3) is 0.200. The van der Waals surface area contributed by atoms with E-state index < -0.39 is 17.4 Å². The van der Waals surface area contributed by atoms with Crippen molar-refractivity contribution in [2.45, 2.75) is 39.4 Å². The maximum Gasteiger partial charge on any atom is 0.271 e. The largest absolute Gasteiger partial charge is 0.455 e. The summed E-state index contributed by atoms with van der Waals surface area (Å²) in [6.45, 7) is 9.35. The number of nitro benzene ring substituents is 1. The highest BCUT2D eigenvalue weighted by Gasteiger charge is 2.39. The molecule has 5 rings (SSSR count). The van der Waals surface area contributed by atoms with Crippen LogP contribution in [0.5, 0.6) is 5.75 Å². The number of fused-ring (bicyclic) bond motifs is 3. The first-order valence-corrected chi connectivity index (χ1v) is 15.8. The van der Waals surface area contributed by atoms with Gasteiger partial charge in [0.15, 0.2) is 7.28 Å². The molecule has 5 aromatic rings. The molecule has 9 heteroatoms. The number of nitrogens with zero attached hydrogens (tertiary/aromatic N) is 3. The minimum Gasteiger partial charge on any atom is -0.455 e. The summed E-state index contributed by atoms with van der Waals surface area (Å²) in [5.41, 5.74) is 2.79. The fourth-order valence-electron chi connectivity index (χ4n) is 4.90. The van der Waals surface area contributed by atoms with Gasteiger partial charge in [-0.2, -0.15) is 0 Å². The lowest BCUT2D eigenvalue weighted by molar-refractivity contribution is -0.384. The molecule has 0 aliphatic carbocycles. The van der Waals surface area contributed by atoms with Gasteiger partial charge in [-0.3, -0.25) is 10.1 Å². The number of nitro groups is 1. The Hall–Kier alpha value is -2.93. The summed E-state index contributed by atoms with van der Waals surface area (Å²) in [6, 6.07) is 27.3. The second kappa shape index (κ2) is 10.6. The summed E-state index contributed by atoms with van der Waals surface area (Å²) >= 11 is 7.16. The van der Waals surface area contributed by atoms with Gasteiger partial charge in [-0.05, 0) is 71.4 Å². The highest BCUT2D eigenvalue weighted by Crippen LogP contribution is 2.63. The maximum atomic E-state index is 11.6. The second-order valence-corrected chi connectivity index (χ2v) is 15.4. The zero-order valence-electron chi connectivity index (χ0n) is 22.1. The Kier molecular flexibility index (Phi) is 7.49. The minimum absolute atomic E-state index is 0.0205. The van der Waals surface area contributed by atoms with E-state index in [9.17, 15) is 10.1 Å². The summed E-state index contributed by atoms with van der Waals surface area (Å²) in [6.07, 6.45) is 0. The van der Waals surface area contributed by atoms with E-state index in [4.69, 9.17) is 9.27 Å². The predicted octanol–water partition coefficient (Wildman–Crippen LogP) is 10.2. The molecule has 0 aliphatic heterocycles. The van der Waals surface area contributed by atoms with Crippen LogP contribution in [0.1, 0.15) is 27.7 Å². The SMILES string of the molecule is CCn1c2ccccc2c2cc([P@@](=Nc3cc([N+](=O)[O-])ccc3Br)(Oc3cccc(Br)c3)C(C)(C)C)ccc21. The van der Waals surface area contributed by atoms with Crippen LogP contribution in [-0.2, 0) is 6.54 Å². The molecule has 6 nitrogen and oxygen atoms in total. The Morgan fingerprint density at radius 1 is 0.923 bits per heavy atom. The van der Waals surface area contributed by atoms with E-state index in [0.29, 0.717) is 15.9 Å². The molecule has 0 N–H and O–H groups in total. The molecule has 0 radical (unpaired) electrons. The molecule has 200 valence electrons. The van der Waals surface area contributed by atoms with Gasteiger partial charge in [-0.1, -0.05) is 61.0 Å². The highest BCUT2D eigenvalue weighted by molar-refractivity contribution is 9.10. The van der Waals surface area contributed by atoms with Crippen LogP contribution in [0.25, 0.3) is 21.8 Å². The molecular weight excluding hydrogens is 641 g/mol. The Morgan fingerprint density at radius 2 is 1.67 bits per heavy atom. The van der Waals surface area contributed by atoms with E-state index in [2.05, 4.69) is 107 Å². The molecule has 4 aromatic carbocycles. The van der Waals surface area contributed by atoms with Crippen LogP contribution in [0.2, 0.25) is 0 Å². The van der Waals surface area contributed by atoms with Gasteiger partial charge >= 0.3 is 0 Å². The summed E-state index contributed by atoms with van der Waals surface area (Å²) < 4.78 is 16.2. The topological polar surface area (TPSA) is 69.7 Å². The molecule has 0 unspecified atom stereocenters. The van der Waals surface area contributed by atoms with Gasteiger partial charge in [0.05, 0.1) is 10.6 Å². The van der Waals surface area contributed by atoms with Crippen molar-refractivity contribution >= 4 is 77.6 Å². The number of hydrogen-bond donors (Lipinski definition) is 0. The van der Waals surface area contributed by atoms with Gasteiger partial charge in [-0.25, -0.2) is 4.74 Å². The zero-order chi connectivity index (χ0) is 27.9. The van der Waals surface area contributed by atoms with Crippen LogP contribution in [0, 0.1) is 10.1 Å². The van der Waals surface area contributed by atoms with Crippen molar-refractivity contribution in [2.24, 2.45) is 4.74 Å². The Labute approximate surface area is 244 Å². The second-order valence-electron chi connectivity index (χ2n) is 10.3. The van der Waals surface area contributed by atoms with E-state index >= 15 is 0 Å². The first-order chi connectivity index (χ1) is 18.5. The van der Waals surface area contributed by atoms with Crippen LogP contribution in [0.4, 0.5) is 11.4 Å². The van der Waals surface area contributed by atoms with Crippen molar-refractivity contribution in [1.82, 2.24) is 4.57 Å². The first kappa shape index (κ1) is 27.6. The third-order valence-corrected chi connectivity index (χ3v) is 11.7. The molecule has 0 amide bonds. The van der Waals surface area contributed by atoms with Crippen molar-refractivity contribution in [3.05, 3.63) is 104 Å². The minimum atomic E-state index is -2.91. The molecule has 0 aliphatic rings. The van der Waals surface area contributed by atoms with Gasteiger partial charge in [0.2, 0.25) is 0 Å². The van der Waals surface area contributed by atoms with E-state index in [0.717, 1.165) is 27.2 Å². The highest BCUT2D eigenvalue weighted by atomic mass is 79.9. The number of aromatic nitrogens is 1. The van der Waals surface area contributed by atoms with Gasteiger partial charge in [0, 0.05) is 59.9 Å². The number of para-hydroxylation sites is 1. The van der Waals surface area contributed by atoms with Crippen molar-refractivity contribution in [1.29, 1.82) is 0 Å².